The summed E-state index contributed by atoms with van der Waals surface area (Å²) in [6.07, 6.45) is 1.74. The van der Waals surface area contributed by atoms with Gasteiger partial charge in [-0.3, -0.25) is 13.9 Å². The van der Waals surface area contributed by atoms with Crippen LogP contribution in [0.1, 0.15) is 37.8 Å². The fourth-order valence-corrected chi connectivity index (χ4v) is 7.37. The molecule has 272 valence electrons. The number of sulfonamides is 1. The Labute approximate surface area is 310 Å². The number of ether oxygens (including phenoxy) is 3. The number of halogens is 2. The molecular formula is C38H43Cl2N3O7S. The van der Waals surface area contributed by atoms with Crippen LogP contribution in [0.3, 0.4) is 0 Å². The van der Waals surface area contributed by atoms with Crippen LogP contribution in [0.5, 0.6) is 17.2 Å². The molecular weight excluding hydrogens is 713 g/mol. The molecule has 0 aromatic heterocycles. The third-order valence-electron chi connectivity index (χ3n) is 8.15. The van der Waals surface area contributed by atoms with Gasteiger partial charge in [-0.1, -0.05) is 72.9 Å². The maximum Gasteiger partial charge on any atom is 0.264 e. The van der Waals surface area contributed by atoms with E-state index in [4.69, 9.17) is 37.4 Å². The van der Waals surface area contributed by atoms with Crippen molar-refractivity contribution >= 4 is 50.7 Å². The van der Waals surface area contributed by atoms with Gasteiger partial charge in [0.25, 0.3) is 10.0 Å². The van der Waals surface area contributed by atoms with E-state index >= 15 is 0 Å². The minimum absolute atomic E-state index is 0.138. The Morgan fingerprint density at radius 2 is 1.51 bits per heavy atom. The molecule has 0 heterocycles. The summed E-state index contributed by atoms with van der Waals surface area (Å²) in [4.78, 5) is 30.0. The van der Waals surface area contributed by atoms with E-state index in [1.807, 2.05) is 44.2 Å². The highest BCUT2D eigenvalue weighted by Gasteiger charge is 2.35. The molecule has 0 unspecified atom stereocenters. The molecule has 4 aromatic rings. The molecule has 0 aliphatic heterocycles. The summed E-state index contributed by atoms with van der Waals surface area (Å²) < 4.78 is 46.3. The molecule has 2 amide bonds. The minimum atomic E-state index is -4.42. The van der Waals surface area contributed by atoms with Gasteiger partial charge in [0.15, 0.2) is 11.5 Å². The Morgan fingerprint density at radius 3 is 2.12 bits per heavy atom. The molecule has 4 rings (SSSR count). The molecule has 0 spiro atoms. The Bertz CT molecular complexity index is 1860. The van der Waals surface area contributed by atoms with Crippen LogP contribution in [0.2, 0.25) is 10.0 Å². The van der Waals surface area contributed by atoms with Crippen molar-refractivity contribution in [2.45, 2.75) is 50.6 Å². The number of hydrogen-bond donors (Lipinski definition) is 1. The van der Waals surface area contributed by atoms with Crippen LogP contribution in [-0.4, -0.2) is 65.1 Å². The standard InChI is InChI=1S/C38H43Cl2N3O7S/c1-5-7-22-41-38(45)34(23-27-12-9-8-10-13-27)42(25-31-32(39)14-11-15-33(31)40)37(44)26-43(28-16-18-29(19-17-28)50-6-2)51(46,47)30-20-21-35(48-3)36(24-30)49-4/h8-21,24,34H,5-7,22-23,25-26H2,1-4H3,(H,41,45)/t34-/m1/s1. The first-order chi connectivity index (χ1) is 24.5. The number of nitrogens with one attached hydrogen (secondary N) is 1. The zero-order valence-corrected chi connectivity index (χ0v) is 31.4. The number of carbonyl (C=O) groups is 2. The Morgan fingerprint density at radius 1 is 0.843 bits per heavy atom. The molecule has 0 bridgehead atoms. The summed E-state index contributed by atoms with van der Waals surface area (Å²) in [6, 6.07) is 23.8. The third-order valence-corrected chi connectivity index (χ3v) is 10.6. The fraction of sp³-hybridized carbons (Fsp3) is 0.316. The number of hydrogen-bond acceptors (Lipinski definition) is 7. The van der Waals surface area contributed by atoms with Crippen molar-refractivity contribution in [3.05, 3.63) is 112 Å². The largest absolute Gasteiger partial charge is 0.494 e. The van der Waals surface area contributed by atoms with Gasteiger partial charge >= 0.3 is 0 Å². The highest BCUT2D eigenvalue weighted by Crippen LogP contribution is 2.33. The maximum absolute atomic E-state index is 14.8. The second-order valence-corrected chi connectivity index (χ2v) is 14.2. The van der Waals surface area contributed by atoms with Gasteiger partial charge in [0, 0.05) is 41.2 Å². The number of unbranched alkanes of at least 4 members (excludes halogenated alkanes) is 1. The number of benzene rings is 4. The van der Waals surface area contributed by atoms with E-state index in [2.05, 4.69) is 5.32 Å². The average Bonchev–Trinajstić information content (AvgIpc) is 3.13. The summed E-state index contributed by atoms with van der Waals surface area (Å²) >= 11 is 13.2. The van der Waals surface area contributed by atoms with Gasteiger partial charge in [-0.15, -0.1) is 0 Å². The van der Waals surface area contributed by atoms with Gasteiger partial charge in [-0.2, -0.15) is 0 Å². The monoisotopic (exact) mass is 755 g/mol. The molecule has 0 fully saturated rings. The van der Waals surface area contributed by atoms with Gasteiger partial charge in [0.1, 0.15) is 18.3 Å². The second-order valence-electron chi connectivity index (χ2n) is 11.5. The van der Waals surface area contributed by atoms with E-state index in [-0.39, 0.29) is 35.2 Å². The molecule has 1 N–H and O–H groups in total. The Balaban J connectivity index is 1.85. The molecule has 51 heavy (non-hydrogen) atoms. The van der Waals surface area contributed by atoms with Gasteiger partial charge in [0.05, 0.1) is 31.4 Å². The van der Waals surface area contributed by atoms with Crippen LogP contribution in [0.15, 0.2) is 95.9 Å². The van der Waals surface area contributed by atoms with Crippen molar-refractivity contribution in [2.75, 3.05) is 38.2 Å². The van der Waals surface area contributed by atoms with E-state index in [1.165, 1.54) is 37.3 Å². The van der Waals surface area contributed by atoms with E-state index in [0.29, 0.717) is 40.3 Å². The van der Waals surface area contributed by atoms with Gasteiger partial charge < -0.3 is 24.4 Å². The lowest BCUT2D eigenvalue weighted by molar-refractivity contribution is -0.140. The fourth-order valence-electron chi connectivity index (χ4n) is 5.42. The summed E-state index contributed by atoms with van der Waals surface area (Å²) in [6.45, 7) is 3.83. The number of nitrogens with zero attached hydrogens (tertiary/aromatic N) is 2. The van der Waals surface area contributed by atoms with Crippen LogP contribution >= 0.6 is 23.2 Å². The van der Waals surface area contributed by atoms with Crippen LogP contribution < -0.4 is 23.8 Å². The highest BCUT2D eigenvalue weighted by molar-refractivity contribution is 7.92. The topological polar surface area (TPSA) is 114 Å². The molecule has 10 nitrogen and oxygen atoms in total. The van der Waals surface area contributed by atoms with E-state index in [0.717, 1.165) is 22.7 Å². The zero-order valence-electron chi connectivity index (χ0n) is 29.1. The number of rotatable bonds is 18. The maximum atomic E-state index is 14.8. The first-order valence-corrected chi connectivity index (χ1v) is 18.7. The quantitative estimate of drug-likeness (QED) is 0.107. The predicted molar refractivity (Wildman–Crippen MR) is 201 cm³/mol. The molecule has 1 atom stereocenters. The van der Waals surface area contributed by atoms with Crippen molar-refractivity contribution in [2.24, 2.45) is 0 Å². The Kier molecular flexibility index (Phi) is 14.4. The van der Waals surface area contributed by atoms with Gasteiger partial charge in [-0.25, -0.2) is 8.42 Å². The third kappa shape index (κ3) is 10.1. The molecule has 13 heteroatoms. The lowest BCUT2D eigenvalue weighted by Crippen LogP contribution is -2.53. The van der Waals surface area contributed by atoms with Crippen molar-refractivity contribution in [3.8, 4) is 17.2 Å². The first kappa shape index (κ1) is 39.3. The molecule has 0 saturated heterocycles. The van der Waals surface area contributed by atoms with Crippen molar-refractivity contribution in [3.63, 3.8) is 0 Å². The van der Waals surface area contributed by atoms with Crippen molar-refractivity contribution in [1.29, 1.82) is 0 Å². The van der Waals surface area contributed by atoms with E-state index in [1.54, 1.807) is 42.5 Å². The summed E-state index contributed by atoms with van der Waals surface area (Å²) in [5.74, 6) is 0.00591. The minimum Gasteiger partial charge on any atom is -0.494 e. The van der Waals surface area contributed by atoms with Crippen LogP contribution in [0.25, 0.3) is 0 Å². The second kappa shape index (κ2) is 18.7. The Hall–Kier alpha value is -4.45. The van der Waals surface area contributed by atoms with Crippen LogP contribution in [0.4, 0.5) is 5.69 Å². The first-order valence-electron chi connectivity index (χ1n) is 16.6. The van der Waals surface area contributed by atoms with Crippen LogP contribution in [0, 0.1) is 0 Å². The number of anilines is 1. The number of methoxy groups -OCH3 is 2. The number of carbonyl (C=O) groups excluding carboxylic acids is 2. The van der Waals surface area contributed by atoms with Gasteiger partial charge in [-0.05, 0) is 67.4 Å². The molecule has 0 aliphatic rings. The van der Waals surface area contributed by atoms with Gasteiger partial charge in [0.2, 0.25) is 11.8 Å². The highest BCUT2D eigenvalue weighted by atomic mass is 35.5. The smallest absolute Gasteiger partial charge is 0.264 e. The summed E-state index contributed by atoms with van der Waals surface area (Å²) in [7, 11) is -1.57. The van der Waals surface area contributed by atoms with Crippen molar-refractivity contribution < 1.29 is 32.2 Å². The van der Waals surface area contributed by atoms with E-state index in [9.17, 15) is 18.0 Å². The lowest BCUT2D eigenvalue weighted by Gasteiger charge is -2.34. The summed E-state index contributed by atoms with van der Waals surface area (Å²) in [5, 5.41) is 3.56. The molecule has 4 aromatic carbocycles. The molecule has 0 radical (unpaired) electrons. The predicted octanol–water partition coefficient (Wildman–Crippen LogP) is 7.16. The zero-order chi connectivity index (χ0) is 37.0. The SMILES string of the molecule is CCCCNC(=O)[C@@H](Cc1ccccc1)N(Cc1c(Cl)cccc1Cl)C(=O)CN(c1ccc(OCC)cc1)S(=O)(=O)c1ccc(OC)c(OC)c1. The lowest BCUT2D eigenvalue weighted by atomic mass is 10.0. The molecule has 0 aliphatic carbocycles. The van der Waals surface area contributed by atoms with E-state index < -0.39 is 28.5 Å². The van der Waals surface area contributed by atoms with Crippen molar-refractivity contribution in [1.82, 2.24) is 10.2 Å². The van der Waals surface area contributed by atoms with Crippen LogP contribution in [-0.2, 0) is 32.6 Å². The summed E-state index contributed by atoms with van der Waals surface area (Å²) in [5.41, 5.74) is 1.42. The average molecular weight is 757 g/mol. The normalized spacial score (nSPS) is 11.7. The number of amides is 2. The molecule has 0 saturated carbocycles.